The van der Waals surface area contributed by atoms with Crippen molar-refractivity contribution in [3.63, 3.8) is 0 Å². The smallest absolute Gasteiger partial charge is 0.191 e. The molecule has 0 aliphatic carbocycles. The molecule has 31 heavy (non-hydrogen) atoms. The van der Waals surface area contributed by atoms with Crippen molar-refractivity contribution in [2.75, 3.05) is 40.9 Å². The van der Waals surface area contributed by atoms with Gasteiger partial charge in [-0.05, 0) is 54.8 Å². The fourth-order valence-electron chi connectivity index (χ4n) is 3.88. The molecule has 1 fully saturated rings. The monoisotopic (exact) mass is 538 g/mol. The van der Waals surface area contributed by atoms with Crippen molar-refractivity contribution >= 4 is 29.9 Å². The zero-order chi connectivity index (χ0) is 21.2. The highest BCUT2D eigenvalue weighted by atomic mass is 127. The number of benzene rings is 2. The fourth-order valence-corrected chi connectivity index (χ4v) is 3.88. The number of guanidine groups is 1. The maximum atomic E-state index is 5.44. The normalized spacial score (nSPS) is 15.3. The molecule has 1 aliphatic heterocycles. The van der Waals surface area contributed by atoms with Gasteiger partial charge in [-0.3, -0.25) is 9.89 Å². The number of nitrogens with zero attached hydrogens (tertiary/aromatic N) is 2. The van der Waals surface area contributed by atoms with Gasteiger partial charge in [-0.25, -0.2) is 0 Å². The lowest BCUT2D eigenvalue weighted by molar-refractivity contribution is 0.185. The molecule has 0 radical (unpaired) electrons. The van der Waals surface area contributed by atoms with Gasteiger partial charge in [0.1, 0.15) is 5.75 Å². The van der Waals surface area contributed by atoms with Crippen LogP contribution in [-0.2, 0) is 17.9 Å². The predicted molar refractivity (Wildman–Crippen MR) is 137 cm³/mol. The largest absolute Gasteiger partial charge is 0.497 e. The highest BCUT2D eigenvalue weighted by Crippen LogP contribution is 2.27. The summed E-state index contributed by atoms with van der Waals surface area (Å²) >= 11 is 0. The molecule has 0 saturated carbocycles. The molecule has 3 rings (SSSR count). The first kappa shape index (κ1) is 25.4. The number of halogens is 1. The Morgan fingerprint density at radius 1 is 1.03 bits per heavy atom. The zero-order valence-corrected chi connectivity index (χ0v) is 21.1. The average molecular weight is 538 g/mol. The first-order chi connectivity index (χ1) is 14.7. The Hall–Kier alpha value is -1.84. The Labute approximate surface area is 203 Å². The van der Waals surface area contributed by atoms with Gasteiger partial charge in [0, 0.05) is 27.2 Å². The van der Waals surface area contributed by atoms with Crippen molar-refractivity contribution < 1.29 is 9.47 Å². The number of nitrogens with one attached hydrogen (secondary N) is 2. The number of ether oxygens (including phenoxy) is 2. The molecular weight excluding hydrogens is 503 g/mol. The molecule has 1 aliphatic rings. The summed E-state index contributed by atoms with van der Waals surface area (Å²) in [6.07, 6.45) is 2.51. The molecule has 2 aromatic carbocycles. The maximum absolute atomic E-state index is 5.44. The number of likely N-dealkylation sites (tertiary alicyclic amines) is 1. The third-order valence-electron chi connectivity index (χ3n) is 5.54. The van der Waals surface area contributed by atoms with E-state index in [0.29, 0.717) is 6.61 Å². The SMILES string of the molecule is CN=C(NCc1ccc(COC)cc1)NCC(c1cccc(OC)c1)N1CCCC1.I. The summed E-state index contributed by atoms with van der Waals surface area (Å²) in [6, 6.07) is 17.1. The topological polar surface area (TPSA) is 58.1 Å². The molecule has 1 atom stereocenters. The summed E-state index contributed by atoms with van der Waals surface area (Å²) in [7, 11) is 5.25. The second-order valence-electron chi connectivity index (χ2n) is 7.59. The van der Waals surface area contributed by atoms with Gasteiger partial charge in [-0.1, -0.05) is 36.4 Å². The molecule has 0 aromatic heterocycles. The first-order valence-corrected chi connectivity index (χ1v) is 10.6. The number of aliphatic imine (C=N–C) groups is 1. The van der Waals surface area contributed by atoms with Crippen LogP contribution in [0.2, 0.25) is 0 Å². The second-order valence-corrected chi connectivity index (χ2v) is 7.59. The van der Waals surface area contributed by atoms with Gasteiger partial charge in [0.25, 0.3) is 0 Å². The summed E-state index contributed by atoms with van der Waals surface area (Å²) < 4.78 is 10.6. The molecule has 2 N–H and O–H groups in total. The van der Waals surface area contributed by atoms with Crippen LogP contribution in [0.15, 0.2) is 53.5 Å². The van der Waals surface area contributed by atoms with Crippen LogP contribution in [0.3, 0.4) is 0 Å². The van der Waals surface area contributed by atoms with Crippen LogP contribution in [0.25, 0.3) is 0 Å². The Morgan fingerprint density at radius 3 is 2.39 bits per heavy atom. The van der Waals surface area contributed by atoms with Crippen LogP contribution in [0, 0.1) is 0 Å². The van der Waals surface area contributed by atoms with E-state index in [1.807, 2.05) is 13.1 Å². The Morgan fingerprint density at radius 2 is 1.74 bits per heavy atom. The van der Waals surface area contributed by atoms with E-state index in [4.69, 9.17) is 9.47 Å². The van der Waals surface area contributed by atoms with E-state index < -0.39 is 0 Å². The van der Waals surface area contributed by atoms with Crippen molar-refractivity contribution in [1.29, 1.82) is 0 Å². The van der Waals surface area contributed by atoms with E-state index in [2.05, 4.69) is 63.0 Å². The quantitative estimate of drug-likeness (QED) is 0.288. The number of rotatable bonds is 9. The van der Waals surface area contributed by atoms with E-state index in [1.54, 1.807) is 14.2 Å². The van der Waals surface area contributed by atoms with Crippen molar-refractivity contribution in [3.05, 3.63) is 65.2 Å². The molecule has 7 heteroatoms. The van der Waals surface area contributed by atoms with Gasteiger partial charge in [0.05, 0.1) is 19.8 Å². The molecule has 0 bridgehead atoms. The fraction of sp³-hybridized carbons (Fsp3) is 0.458. The molecule has 1 unspecified atom stereocenters. The zero-order valence-electron chi connectivity index (χ0n) is 18.8. The van der Waals surface area contributed by atoms with Crippen LogP contribution >= 0.6 is 24.0 Å². The molecule has 1 heterocycles. The van der Waals surface area contributed by atoms with Crippen molar-refractivity contribution in [2.24, 2.45) is 4.99 Å². The lowest BCUT2D eigenvalue weighted by Gasteiger charge is -2.29. The maximum Gasteiger partial charge on any atom is 0.191 e. The van der Waals surface area contributed by atoms with E-state index in [1.165, 1.54) is 29.5 Å². The molecule has 6 nitrogen and oxygen atoms in total. The molecular formula is C24H35IN4O2. The van der Waals surface area contributed by atoms with Crippen LogP contribution in [0.5, 0.6) is 5.75 Å². The van der Waals surface area contributed by atoms with Crippen LogP contribution in [-0.4, -0.2) is 51.8 Å². The van der Waals surface area contributed by atoms with Crippen molar-refractivity contribution in [1.82, 2.24) is 15.5 Å². The molecule has 1 saturated heterocycles. The van der Waals surface area contributed by atoms with Crippen LogP contribution in [0.4, 0.5) is 0 Å². The predicted octanol–water partition coefficient (Wildman–Crippen LogP) is 3.96. The summed E-state index contributed by atoms with van der Waals surface area (Å²) in [5.74, 6) is 1.71. The summed E-state index contributed by atoms with van der Waals surface area (Å²) in [6.45, 7) is 4.41. The van der Waals surface area contributed by atoms with Gasteiger partial charge < -0.3 is 20.1 Å². The van der Waals surface area contributed by atoms with E-state index in [9.17, 15) is 0 Å². The van der Waals surface area contributed by atoms with Crippen LogP contribution < -0.4 is 15.4 Å². The summed E-state index contributed by atoms with van der Waals surface area (Å²) in [4.78, 5) is 6.95. The number of methoxy groups -OCH3 is 2. The van der Waals surface area contributed by atoms with Gasteiger partial charge in [0.2, 0.25) is 0 Å². The van der Waals surface area contributed by atoms with Gasteiger partial charge >= 0.3 is 0 Å². The van der Waals surface area contributed by atoms with Crippen molar-refractivity contribution in [2.45, 2.75) is 32.0 Å². The Kier molecular flexibility index (Phi) is 11.1. The minimum Gasteiger partial charge on any atom is -0.497 e. The molecule has 170 valence electrons. The number of hydrogen-bond donors (Lipinski definition) is 2. The van der Waals surface area contributed by atoms with Crippen molar-refractivity contribution in [3.8, 4) is 5.75 Å². The Bertz CT molecular complexity index is 807. The first-order valence-electron chi connectivity index (χ1n) is 10.6. The lowest BCUT2D eigenvalue weighted by atomic mass is 10.1. The van der Waals surface area contributed by atoms with Gasteiger partial charge in [-0.15, -0.1) is 24.0 Å². The van der Waals surface area contributed by atoms with Gasteiger partial charge in [0.15, 0.2) is 5.96 Å². The highest BCUT2D eigenvalue weighted by Gasteiger charge is 2.24. The third kappa shape index (κ3) is 7.66. The number of hydrogen-bond acceptors (Lipinski definition) is 4. The summed E-state index contributed by atoms with van der Waals surface area (Å²) in [5, 5.41) is 6.94. The highest BCUT2D eigenvalue weighted by molar-refractivity contribution is 14.0. The molecule has 2 aromatic rings. The van der Waals surface area contributed by atoms with Gasteiger partial charge in [-0.2, -0.15) is 0 Å². The standard InChI is InChI=1S/C24H34N4O2.HI/c1-25-24(26-16-19-9-11-20(12-10-19)18-29-2)27-17-23(28-13-4-5-14-28)21-7-6-8-22(15-21)30-3;/h6-12,15,23H,4-5,13-14,16-18H2,1-3H3,(H2,25,26,27);1H. The van der Waals surface area contributed by atoms with E-state index in [0.717, 1.165) is 37.9 Å². The van der Waals surface area contributed by atoms with E-state index >= 15 is 0 Å². The minimum absolute atomic E-state index is 0. The van der Waals surface area contributed by atoms with Crippen LogP contribution in [0.1, 0.15) is 35.6 Å². The summed E-state index contributed by atoms with van der Waals surface area (Å²) in [5.41, 5.74) is 3.66. The lowest BCUT2D eigenvalue weighted by Crippen LogP contribution is -2.42. The molecule has 0 amide bonds. The third-order valence-corrected chi connectivity index (χ3v) is 5.54. The average Bonchev–Trinajstić information content (AvgIpc) is 3.32. The minimum atomic E-state index is 0. The second kappa shape index (κ2) is 13.5. The molecule has 0 spiro atoms. The Balaban J connectivity index is 0.00000341. The van der Waals surface area contributed by atoms with E-state index in [-0.39, 0.29) is 30.0 Å².